The third-order valence-corrected chi connectivity index (χ3v) is 3.88. The first-order chi connectivity index (χ1) is 12.1. The number of likely N-dealkylation sites (tertiary alicyclic amines) is 1. The van der Waals surface area contributed by atoms with Crippen LogP contribution in [0.4, 0.5) is 4.79 Å². The van der Waals surface area contributed by atoms with Crippen molar-refractivity contribution in [2.45, 2.75) is 58.6 Å². The summed E-state index contributed by atoms with van der Waals surface area (Å²) in [6.45, 7) is 10.0. The number of hydrogen-bond donors (Lipinski definition) is 2. The molecule has 26 heavy (non-hydrogen) atoms. The fourth-order valence-corrected chi connectivity index (χ4v) is 2.47. The van der Waals surface area contributed by atoms with Crippen LogP contribution in [0.15, 0.2) is 4.99 Å². The van der Waals surface area contributed by atoms with Crippen LogP contribution in [-0.2, 0) is 9.53 Å². The van der Waals surface area contributed by atoms with Gasteiger partial charge in [0.25, 0.3) is 0 Å². The highest BCUT2D eigenvalue weighted by molar-refractivity contribution is 5.85. The van der Waals surface area contributed by atoms with Gasteiger partial charge in [-0.15, -0.1) is 0 Å². The molecule has 0 bridgehead atoms. The van der Waals surface area contributed by atoms with Gasteiger partial charge in [-0.3, -0.25) is 4.79 Å². The first-order valence-electron chi connectivity index (χ1n) is 9.35. The average Bonchev–Trinajstić information content (AvgIpc) is 2.96. The van der Waals surface area contributed by atoms with Gasteiger partial charge in [0.2, 0.25) is 5.91 Å². The lowest BCUT2D eigenvalue weighted by Gasteiger charge is -2.24. The topological polar surface area (TPSA) is 86.3 Å². The molecular formula is C18H35N5O3. The van der Waals surface area contributed by atoms with Crippen molar-refractivity contribution in [3.8, 4) is 0 Å². The molecule has 0 radical (unpaired) electrons. The Balaban J connectivity index is 2.63. The van der Waals surface area contributed by atoms with Crippen molar-refractivity contribution in [2.75, 3.05) is 40.3 Å². The minimum Gasteiger partial charge on any atom is -0.444 e. The van der Waals surface area contributed by atoms with E-state index in [0.29, 0.717) is 6.54 Å². The maximum Gasteiger partial charge on any atom is 0.407 e. The number of likely N-dealkylation sites (N-methyl/N-ethyl adjacent to an activating group) is 1. The SMILES string of the molecule is CCCCNC(=NCC(=O)N(C)C)N1CCC(NC(=O)OC(C)(C)C)C1. The fraction of sp³-hybridized carbons (Fsp3) is 0.833. The molecule has 2 amide bonds. The summed E-state index contributed by atoms with van der Waals surface area (Å²) in [7, 11) is 3.44. The van der Waals surface area contributed by atoms with E-state index in [0.717, 1.165) is 38.3 Å². The van der Waals surface area contributed by atoms with Gasteiger partial charge >= 0.3 is 6.09 Å². The molecule has 0 aromatic carbocycles. The third-order valence-electron chi connectivity index (χ3n) is 3.88. The van der Waals surface area contributed by atoms with Gasteiger partial charge in [0.05, 0.1) is 6.04 Å². The number of nitrogens with one attached hydrogen (secondary N) is 2. The molecule has 1 fully saturated rings. The Bertz CT molecular complexity index is 500. The van der Waals surface area contributed by atoms with Gasteiger partial charge < -0.3 is 25.2 Å². The maximum atomic E-state index is 11.9. The van der Waals surface area contributed by atoms with Crippen LogP contribution in [0.25, 0.3) is 0 Å². The Morgan fingerprint density at radius 2 is 2.00 bits per heavy atom. The van der Waals surface area contributed by atoms with Crippen LogP contribution >= 0.6 is 0 Å². The van der Waals surface area contributed by atoms with Crippen LogP contribution in [0.2, 0.25) is 0 Å². The van der Waals surface area contributed by atoms with Crippen LogP contribution in [-0.4, -0.2) is 79.7 Å². The number of hydrogen-bond acceptors (Lipinski definition) is 4. The minimum atomic E-state index is -0.511. The predicted molar refractivity (Wildman–Crippen MR) is 103 cm³/mol. The Hall–Kier alpha value is -1.99. The van der Waals surface area contributed by atoms with E-state index in [9.17, 15) is 9.59 Å². The molecule has 1 saturated heterocycles. The summed E-state index contributed by atoms with van der Waals surface area (Å²) in [5, 5.41) is 6.24. The molecule has 1 aliphatic heterocycles. The van der Waals surface area contributed by atoms with E-state index >= 15 is 0 Å². The van der Waals surface area contributed by atoms with Gasteiger partial charge in [-0.25, -0.2) is 9.79 Å². The Kier molecular flexibility index (Phi) is 8.68. The molecule has 8 heteroatoms. The van der Waals surface area contributed by atoms with Gasteiger partial charge in [-0.2, -0.15) is 0 Å². The van der Waals surface area contributed by atoms with Crippen molar-refractivity contribution in [1.82, 2.24) is 20.4 Å². The highest BCUT2D eigenvalue weighted by atomic mass is 16.6. The molecule has 2 N–H and O–H groups in total. The number of carbonyl (C=O) groups is 2. The zero-order valence-electron chi connectivity index (χ0n) is 17.1. The Morgan fingerprint density at radius 1 is 1.31 bits per heavy atom. The minimum absolute atomic E-state index is 0.00701. The van der Waals surface area contributed by atoms with Gasteiger partial charge in [-0.05, 0) is 33.6 Å². The molecule has 8 nitrogen and oxygen atoms in total. The quantitative estimate of drug-likeness (QED) is 0.420. The first kappa shape index (κ1) is 22.1. The van der Waals surface area contributed by atoms with E-state index in [1.54, 1.807) is 14.1 Å². The van der Waals surface area contributed by atoms with Gasteiger partial charge in [-0.1, -0.05) is 13.3 Å². The zero-order valence-corrected chi connectivity index (χ0v) is 17.1. The number of unbranched alkanes of at least 4 members (excludes halogenated alkanes) is 1. The van der Waals surface area contributed by atoms with E-state index < -0.39 is 11.7 Å². The molecule has 0 aromatic heterocycles. The number of alkyl carbamates (subject to hydrolysis) is 1. The molecule has 1 unspecified atom stereocenters. The predicted octanol–water partition coefficient (Wildman–Crippen LogP) is 1.42. The molecular weight excluding hydrogens is 334 g/mol. The normalized spacial score (nSPS) is 17.8. The maximum absolute atomic E-state index is 11.9. The number of nitrogens with zero attached hydrogens (tertiary/aromatic N) is 3. The van der Waals surface area contributed by atoms with Crippen molar-refractivity contribution in [3.63, 3.8) is 0 Å². The summed E-state index contributed by atoms with van der Waals surface area (Å²) < 4.78 is 5.32. The second-order valence-electron chi connectivity index (χ2n) is 7.79. The van der Waals surface area contributed by atoms with Crippen molar-refractivity contribution in [1.29, 1.82) is 0 Å². The van der Waals surface area contributed by atoms with E-state index in [2.05, 4.69) is 27.4 Å². The van der Waals surface area contributed by atoms with Crippen molar-refractivity contribution in [3.05, 3.63) is 0 Å². The van der Waals surface area contributed by atoms with Crippen LogP contribution < -0.4 is 10.6 Å². The van der Waals surface area contributed by atoms with E-state index in [-0.39, 0.29) is 18.5 Å². The zero-order chi connectivity index (χ0) is 19.7. The standard InChI is InChI=1S/C18H35N5O3/c1-7-8-10-19-16(20-12-15(24)22(5)6)23-11-9-14(13-23)21-17(25)26-18(2,3)4/h14H,7-13H2,1-6H3,(H,19,20)(H,21,25). The van der Waals surface area contributed by atoms with Crippen LogP contribution in [0.3, 0.4) is 0 Å². The highest BCUT2D eigenvalue weighted by Gasteiger charge is 2.28. The molecule has 1 rings (SSSR count). The Labute approximate surface area is 157 Å². The lowest BCUT2D eigenvalue weighted by molar-refractivity contribution is -0.127. The van der Waals surface area contributed by atoms with E-state index in [1.165, 1.54) is 4.90 Å². The van der Waals surface area contributed by atoms with E-state index in [1.807, 2.05) is 20.8 Å². The number of amides is 2. The lowest BCUT2D eigenvalue weighted by atomic mass is 10.2. The lowest BCUT2D eigenvalue weighted by Crippen LogP contribution is -2.44. The summed E-state index contributed by atoms with van der Waals surface area (Å²) in [4.78, 5) is 31.9. The second-order valence-corrected chi connectivity index (χ2v) is 7.79. The summed E-state index contributed by atoms with van der Waals surface area (Å²) in [5.41, 5.74) is -0.511. The number of ether oxygens (including phenoxy) is 1. The molecule has 1 atom stereocenters. The fourth-order valence-electron chi connectivity index (χ4n) is 2.47. The molecule has 0 saturated carbocycles. The second kappa shape index (κ2) is 10.2. The van der Waals surface area contributed by atoms with Gasteiger partial charge in [0.1, 0.15) is 12.1 Å². The smallest absolute Gasteiger partial charge is 0.407 e. The molecule has 1 aliphatic rings. The van der Waals surface area contributed by atoms with Crippen LogP contribution in [0, 0.1) is 0 Å². The first-order valence-corrected chi connectivity index (χ1v) is 9.35. The number of guanidine groups is 1. The highest BCUT2D eigenvalue weighted by Crippen LogP contribution is 2.12. The largest absolute Gasteiger partial charge is 0.444 e. The molecule has 150 valence electrons. The van der Waals surface area contributed by atoms with Crippen LogP contribution in [0.5, 0.6) is 0 Å². The summed E-state index contributed by atoms with van der Waals surface area (Å²) in [6, 6.07) is 0.00701. The van der Waals surface area contributed by atoms with Crippen molar-refractivity contribution < 1.29 is 14.3 Å². The molecule has 0 aromatic rings. The number of rotatable bonds is 6. The number of aliphatic imine (C=N–C) groups is 1. The van der Waals surface area contributed by atoms with Gasteiger partial charge in [0.15, 0.2) is 5.96 Å². The van der Waals surface area contributed by atoms with Crippen molar-refractivity contribution >= 4 is 18.0 Å². The summed E-state index contributed by atoms with van der Waals surface area (Å²) in [5.74, 6) is 0.685. The number of carbonyl (C=O) groups excluding carboxylic acids is 2. The van der Waals surface area contributed by atoms with Crippen LogP contribution in [0.1, 0.15) is 47.0 Å². The third kappa shape index (κ3) is 8.40. The van der Waals surface area contributed by atoms with E-state index in [4.69, 9.17) is 4.74 Å². The average molecular weight is 370 g/mol. The summed E-state index contributed by atoms with van der Waals surface area (Å²) in [6.07, 6.45) is 2.54. The monoisotopic (exact) mass is 369 g/mol. The van der Waals surface area contributed by atoms with Crippen molar-refractivity contribution in [2.24, 2.45) is 4.99 Å². The Morgan fingerprint density at radius 3 is 2.58 bits per heavy atom. The molecule has 0 spiro atoms. The van der Waals surface area contributed by atoms with Gasteiger partial charge in [0, 0.05) is 33.7 Å². The molecule has 0 aliphatic carbocycles. The molecule has 1 heterocycles. The summed E-state index contributed by atoms with van der Waals surface area (Å²) >= 11 is 0.